The van der Waals surface area contributed by atoms with E-state index in [4.69, 9.17) is 0 Å². The molecule has 0 saturated heterocycles. The number of hydrogen-bond acceptors (Lipinski definition) is 7. The normalized spacial score (nSPS) is 12.6. The second-order valence-electron chi connectivity index (χ2n) is 8.26. The largest absolute Gasteiger partial charge is 0.387 e. The monoisotopic (exact) mass is 444 g/mol. The first-order valence-electron chi connectivity index (χ1n) is 10.1. The molecular weight excluding hydrogens is 418 g/mol. The summed E-state index contributed by atoms with van der Waals surface area (Å²) < 4.78 is 27.4. The van der Waals surface area contributed by atoms with Gasteiger partial charge in [0.1, 0.15) is 23.6 Å². The van der Waals surface area contributed by atoms with Gasteiger partial charge in [-0.15, -0.1) is 0 Å². The fourth-order valence-electron chi connectivity index (χ4n) is 2.85. The van der Waals surface area contributed by atoms with Gasteiger partial charge in [0.25, 0.3) is 5.91 Å². The van der Waals surface area contributed by atoms with Crippen molar-refractivity contribution in [2.75, 3.05) is 17.2 Å². The Balaban J connectivity index is 1.82. The van der Waals surface area contributed by atoms with Crippen molar-refractivity contribution in [1.29, 1.82) is 0 Å². The zero-order chi connectivity index (χ0) is 23.5. The minimum atomic E-state index is -1.62. The quantitative estimate of drug-likeness (QED) is 0.420. The maximum atomic E-state index is 14.0. The lowest BCUT2D eigenvalue weighted by Crippen LogP contribution is -2.42. The molecule has 10 heteroatoms. The molecule has 0 bridgehead atoms. The van der Waals surface area contributed by atoms with Gasteiger partial charge < -0.3 is 21.1 Å². The number of anilines is 3. The highest BCUT2D eigenvalue weighted by Crippen LogP contribution is 2.23. The van der Waals surface area contributed by atoms with E-state index in [-0.39, 0.29) is 18.2 Å². The van der Waals surface area contributed by atoms with Crippen LogP contribution in [0.2, 0.25) is 0 Å². The molecule has 3 rings (SSSR count). The summed E-state index contributed by atoms with van der Waals surface area (Å²) in [5.41, 5.74) is 0.0893. The Morgan fingerprint density at radius 2 is 1.88 bits per heavy atom. The van der Waals surface area contributed by atoms with Crippen molar-refractivity contribution in [2.45, 2.75) is 45.5 Å². The zero-order valence-electron chi connectivity index (χ0n) is 18.3. The number of carbonyl (C=O) groups excluding carboxylic acids is 1. The molecule has 170 valence electrons. The second kappa shape index (κ2) is 9.39. The number of halogens is 2. The van der Waals surface area contributed by atoms with Gasteiger partial charge >= 0.3 is 0 Å². The van der Waals surface area contributed by atoms with Gasteiger partial charge in [0, 0.05) is 24.4 Å². The third-order valence-electron chi connectivity index (χ3n) is 4.56. The van der Waals surface area contributed by atoms with Crippen LogP contribution in [0.5, 0.6) is 0 Å². The molecule has 0 spiro atoms. The van der Waals surface area contributed by atoms with Gasteiger partial charge in [-0.25, -0.2) is 18.7 Å². The van der Waals surface area contributed by atoms with Crippen LogP contribution >= 0.6 is 0 Å². The van der Waals surface area contributed by atoms with E-state index in [1.54, 1.807) is 18.2 Å². The molecule has 32 heavy (non-hydrogen) atoms. The predicted octanol–water partition coefficient (Wildman–Crippen LogP) is 3.57. The van der Waals surface area contributed by atoms with Crippen LogP contribution in [-0.2, 0) is 0 Å². The number of hydrogen-bond donors (Lipinski definition) is 4. The molecule has 1 amide bonds. The number of rotatable bonds is 8. The summed E-state index contributed by atoms with van der Waals surface area (Å²) in [6.45, 7) is 6.15. The molecular formula is C22H26F2N6O2. The predicted molar refractivity (Wildman–Crippen MR) is 119 cm³/mol. The lowest BCUT2D eigenvalue weighted by Gasteiger charge is -2.23. The second-order valence-corrected chi connectivity index (χ2v) is 8.26. The van der Waals surface area contributed by atoms with Crippen LogP contribution in [0.3, 0.4) is 0 Å². The van der Waals surface area contributed by atoms with Crippen molar-refractivity contribution in [1.82, 2.24) is 20.3 Å². The van der Waals surface area contributed by atoms with E-state index in [0.717, 1.165) is 6.20 Å². The Morgan fingerprint density at radius 1 is 1.12 bits per heavy atom. The van der Waals surface area contributed by atoms with Crippen LogP contribution in [0.4, 0.5) is 26.1 Å². The van der Waals surface area contributed by atoms with E-state index in [1.807, 2.05) is 13.8 Å². The van der Waals surface area contributed by atoms with Crippen molar-refractivity contribution in [3.8, 4) is 0 Å². The Labute approximate surface area is 184 Å². The minimum absolute atomic E-state index is 0.00921. The van der Waals surface area contributed by atoms with Gasteiger partial charge in [0.05, 0.1) is 40.6 Å². The van der Waals surface area contributed by atoms with Crippen LogP contribution in [0.15, 0.2) is 36.7 Å². The fourth-order valence-corrected chi connectivity index (χ4v) is 2.85. The van der Waals surface area contributed by atoms with Crippen molar-refractivity contribution < 1.29 is 18.7 Å². The standard InChI is InChI=1S/C22H26F2N6O2/c1-12(2)28-16-8-20(26-10-14(16)21(31)27-11-18(24)22(3,4)32)30-19-6-5-15-17(29-19)7-13(23)9-25-15/h5-10,12,18,32H,11H2,1-4H3,(H,27,31)(H2,26,28,29,30)/t18-/m1/s1. The summed E-state index contributed by atoms with van der Waals surface area (Å²) in [5.74, 6) is -0.181. The Bertz CT molecular complexity index is 1120. The first-order chi connectivity index (χ1) is 15.0. The number of nitrogens with zero attached hydrogens (tertiary/aromatic N) is 3. The highest BCUT2D eigenvalue weighted by molar-refractivity contribution is 5.99. The van der Waals surface area contributed by atoms with Crippen LogP contribution in [0, 0.1) is 5.82 Å². The van der Waals surface area contributed by atoms with Crippen molar-refractivity contribution in [2.24, 2.45) is 0 Å². The van der Waals surface area contributed by atoms with E-state index in [2.05, 4.69) is 30.9 Å². The molecule has 0 saturated carbocycles. The third-order valence-corrected chi connectivity index (χ3v) is 4.56. The molecule has 0 aliphatic rings. The molecule has 4 N–H and O–H groups in total. The average Bonchev–Trinajstić information content (AvgIpc) is 2.70. The summed E-state index contributed by atoms with van der Waals surface area (Å²) in [4.78, 5) is 25.2. The molecule has 3 aromatic heterocycles. The van der Waals surface area contributed by atoms with Crippen LogP contribution in [0.1, 0.15) is 38.1 Å². The van der Waals surface area contributed by atoms with E-state index in [1.165, 1.54) is 26.1 Å². The summed E-state index contributed by atoms with van der Waals surface area (Å²) in [6.07, 6.45) is 0.862. The molecule has 0 aliphatic heterocycles. The highest BCUT2D eigenvalue weighted by atomic mass is 19.1. The van der Waals surface area contributed by atoms with Gasteiger partial charge in [0.2, 0.25) is 0 Å². The topological polar surface area (TPSA) is 112 Å². The number of carbonyl (C=O) groups is 1. The summed E-state index contributed by atoms with van der Waals surface area (Å²) in [7, 11) is 0. The molecule has 3 heterocycles. The number of alkyl halides is 1. The first kappa shape index (κ1) is 23.3. The number of aromatic nitrogens is 3. The van der Waals surface area contributed by atoms with Crippen LogP contribution in [0.25, 0.3) is 11.0 Å². The smallest absolute Gasteiger partial charge is 0.255 e. The van der Waals surface area contributed by atoms with Crippen molar-refractivity contribution in [3.05, 3.63) is 48.0 Å². The molecule has 0 aliphatic carbocycles. The van der Waals surface area contributed by atoms with Crippen molar-refractivity contribution in [3.63, 3.8) is 0 Å². The van der Waals surface area contributed by atoms with Gasteiger partial charge in [-0.2, -0.15) is 0 Å². The third kappa shape index (κ3) is 5.85. The Hall–Kier alpha value is -3.40. The molecule has 1 atom stereocenters. The summed E-state index contributed by atoms with van der Waals surface area (Å²) >= 11 is 0. The van der Waals surface area contributed by atoms with Crippen molar-refractivity contribution >= 4 is 34.3 Å². The maximum Gasteiger partial charge on any atom is 0.255 e. The van der Waals surface area contributed by atoms with E-state index in [9.17, 15) is 18.7 Å². The maximum absolute atomic E-state index is 14.0. The van der Waals surface area contributed by atoms with Gasteiger partial charge in [-0.1, -0.05) is 0 Å². The number of nitrogens with one attached hydrogen (secondary N) is 3. The average molecular weight is 444 g/mol. The number of fused-ring (bicyclic) bond motifs is 1. The molecule has 8 nitrogen and oxygen atoms in total. The van der Waals surface area contributed by atoms with E-state index < -0.39 is 23.5 Å². The van der Waals surface area contributed by atoms with Gasteiger partial charge in [0.15, 0.2) is 0 Å². The zero-order valence-corrected chi connectivity index (χ0v) is 18.3. The first-order valence-corrected chi connectivity index (χ1v) is 10.1. The molecule has 0 fully saturated rings. The van der Waals surface area contributed by atoms with Crippen LogP contribution in [-0.4, -0.2) is 50.3 Å². The van der Waals surface area contributed by atoms with E-state index >= 15 is 0 Å². The molecule has 3 aromatic rings. The van der Waals surface area contributed by atoms with Gasteiger partial charge in [-0.05, 0) is 39.8 Å². The summed E-state index contributed by atoms with van der Waals surface area (Å²) in [5, 5.41) is 18.4. The van der Waals surface area contributed by atoms with Gasteiger partial charge in [-0.3, -0.25) is 9.78 Å². The number of aliphatic hydroxyl groups is 1. The number of amides is 1. The summed E-state index contributed by atoms with van der Waals surface area (Å²) in [6, 6.07) is 6.31. The SMILES string of the molecule is CC(C)Nc1cc(Nc2ccc3ncc(F)cc3n2)ncc1C(=O)NC[C@@H](F)C(C)(C)O. The van der Waals surface area contributed by atoms with Crippen LogP contribution < -0.4 is 16.0 Å². The lowest BCUT2D eigenvalue weighted by atomic mass is 10.0. The molecule has 0 unspecified atom stereocenters. The lowest BCUT2D eigenvalue weighted by molar-refractivity contribution is -0.00177. The minimum Gasteiger partial charge on any atom is -0.387 e. The Kier molecular flexibility index (Phi) is 6.83. The van der Waals surface area contributed by atoms with E-state index in [0.29, 0.717) is 28.4 Å². The fraction of sp³-hybridized carbons (Fsp3) is 0.364. The Morgan fingerprint density at radius 3 is 2.56 bits per heavy atom. The number of pyridine rings is 3. The highest BCUT2D eigenvalue weighted by Gasteiger charge is 2.27. The molecule has 0 aromatic carbocycles. The molecule has 0 radical (unpaired) electrons.